The Balaban J connectivity index is 0.000000174. The molecule has 10 rings (SSSR count). The number of benzene rings is 4. The molecule has 2 aliphatic heterocycles. The average molecular weight is 941 g/mol. The fourth-order valence-corrected chi connectivity index (χ4v) is 9.08. The van der Waals surface area contributed by atoms with Crippen LogP contribution < -0.4 is 32.1 Å². The number of amides is 2. The largest absolute Gasteiger partial charge is 0.457 e. The summed E-state index contributed by atoms with van der Waals surface area (Å²) in [6.07, 6.45) is 6.78. The molecule has 2 fully saturated rings. The van der Waals surface area contributed by atoms with Crippen LogP contribution in [0.2, 0.25) is 0 Å². The monoisotopic (exact) mass is 940 g/mol. The van der Waals surface area contributed by atoms with Crippen molar-refractivity contribution in [1.29, 1.82) is 0 Å². The number of nitrogen functional groups attached to an aromatic ring is 2. The second kappa shape index (κ2) is 20.2. The standard InChI is InChI=1S/2C26H26N6O3/c1-3-21(33)31-14-6-8-18(15-31)32-24-22(25(27)28-29-26(24)34)23(30-32)17-10-12-19(13-11-17)35-20-9-5-4-7-16(20)2;1-2-21(33)31-15-7-6-8-18(16-31)32-24-22(25(27)28-29-26(24)34)23(30-32)17-11-13-20(14-12-17)35-19-9-4-3-5-10-19/h3-5,7,9-13,18H,1,6,8,14-15H2,2H3,(H2,27,28)(H,29,34);2-5,9-14,18H,1,6-8,15-16H2,(H2,27,28)(H,29,34). The van der Waals surface area contributed by atoms with Crippen molar-refractivity contribution in [2.45, 2.75) is 51.1 Å². The number of anilines is 2. The summed E-state index contributed by atoms with van der Waals surface area (Å²) in [7, 11) is 0. The lowest BCUT2D eigenvalue weighted by Gasteiger charge is -2.32. The van der Waals surface area contributed by atoms with Crippen molar-refractivity contribution in [2.75, 3.05) is 37.6 Å². The summed E-state index contributed by atoms with van der Waals surface area (Å²) in [5.41, 5.74) is 16.1. The lowest BCUT2D eigenvalue weighted by Crippen LogP contribution is -2.40. The number of likely N-dealkylation sites (tertiary alicyclic amines) is 2. The number of H-pyrrole nitrogens is 2. The maximum Gasteiger partial charge on any atom is 0.290 e. The third kappa shape index (κ3) is 9.51. The number of aromatic nitrogens is 8. The van der Waals surface area contributed by atoms with E-state index in [0.29, 0.717) is 70.9 Å². The Morgan fingerprint density at radius 3 is 1.59 bits per heavy atom. The maximum atomic E-state index is 12.9. The molecule has 0 aliphatic carbocycles. The van der Waals surface area contributed by atoms with Gasteiger partial charge in [-0.25, -0.2) is 10.2 Å². The Morgan fingerprint density at radius 1 is 0.614 bits per heavy atom. The number of nitrogens with two attached hydrogens (primary N) is 2. The lowest BCUT2D eigenvalue weighted by atomic mass is 10.1. The van der Waals surface area contributed by atoms with Gasteiger partial charge in [0.15, 0.2) is 11.6 Å². The summed E-state index contributed by atoms with van der Waals surface area (Å²) in [5, 5.41) is 23.6. The molecule has 2 amide bonds. The minimum absolute atomic E-state index is 0.127. The van der Waals surface area contributed by atoms with E-state index in [0.717, 1.165) is 60.3 Å². The molecular formula is C52H52N12O6. The quantitative estimate of drug-likeness (QED) is 0.0965. The highest BCUT2D eigenvalue weighted by molar-refractivity contribution is 6.00. The normalized spacial score (nSPS) is 16.0. The molecule has 2 atom stereocenters. The molecule has 6 N–H and O–H groups in total. The second-order valence-corrected chi connectivity index (χ2v) is 17.2. The van der Waals surface area contributed by atoms with Gasteiger partial charge in [-0.15, -0.1) is 0 Å². The number of para-hydroxylation sites is 2. The fraction of sp³-hybridized carbons (Fsp3) is 0.231. The second-order valence-electron chi connectivity index (χ2n) is 17.2. The fourth-order valence-electron chi connectivity index (χ4n) is 9.08. The Bertz CT molecular complexity index is 3340. The number of fused-ring (bicyclic) bond motifs is 2. The Hall–Kier alpha value is -8.80. The molecule has 4 aromatic heterocycles. The highest BCUT2D eigenvalue weighted by Gasteiger charge is 2.30. The van der Waals surface area contributed by atoms with E-state index in [1.54, 1.807) is 19.2 Å². The number of carbonyl (C=O) groups is 2. The molecule has 4 aromatic carbocycles. The van der Waals surface area contributed by atoms with Crippen LogP contribution >= 0.6 is 0 Å². The number of aromatic amines is 2. The van der Waals surface area contributed by atoms with Crippen molar-refractivity contribution in [2.24, 2.45) is 0 Å². The molecule has 8 aromatic rings. The Labute approximate surface area is 401 Å². The van der Waals surface area contributed by atoms with E-state index in [4.69, 9.17) is 31.1 Å². The SMILES string of the molecule is C=CC(=O)N1CCCC(n2nc(-c3ccc(Oc4ccccc4C)cc3)c3c(N)n[nH]c(=O)c32)C1.C=CC(=O)N1CCCCC(n2nc(-c3ccc(Oc4ccccc4)cc3)c3c(N)n[nH]c(=O)c32)C1. The Morgan fingerprint density at radius 2 is 1.07 bits per heavy atom. The summed E-state index contributed by atoms with van der Waals surface area (Å²) in [4.78, 5) is 53.8. The number of nitrogens with zero attached hydrogens (tertiary/aromatic N) is 8. The molecule has 0 saturated carbocycles. The van der Waals surface area contributed by atoms with Gasteiger partial charge in [-0.2, -0.15) is 20.4 Å². The van der Waals surface area contributed by atoms with E-state index < -0.39 is 0 Å². The number of hydrogen-bond acceptors (Lipinski definition) is 12. The maximum absolute atomic E-state index is 12.9. The molecule has 0 radical (unpaired) electrons. The molecule has 356 valence electrons. The van der Waals surface area contributed by atoms with Crippen molar-refractivity contribution in [3.8, 4) is 45.5 Å². The van der Waals surface area contributed by atoms with E-state index in [1.807, 2.05) is 110 Å². The number of carbonyl (C=O) groups excluding carboxylic acids is 2. The molecule has 0 bridgehead atoms. The van der Waals surface area contributed by atoms with Gasteiger partial charge in [0.1, 0.15) is 45.4 Å². The zero-order valence-electron chi connectivity index (χ0n) is 38.6. The first-order chi connectivity index (χ1) is 34.0. The summed E-state index contributed by atoms with van der Waals surface area (Å²) in [5.74, 6) is 3.00. The molecule has 2 unspecified atom stereocenters. The predicted octanol–water partition coefficient (Wildman–Crippen LogP) is 7.72. The molecule has 18 heteroatoms. The van der Waals surface area contributed by atoms with Gasteiger partial charge in [-0.3, -0.25) is 28.5 Å². The van der Waals surface area contributed by atoms with Gasteiger partial charge in [0, 0.05) is 37.3 Å². The number of aryl methyl sites for hydroxylation is 1. The van der Waals surface area contributed by atoms with Crippen molar-refractivity contribution < 1.29 is 19.1 Å². The minimum Gasteiger partial charge on any atom is -0.457 e. The van der Waals surface area contributed by atoms with Gasteiger partial charge in [0.05, 0.1) is 22.9 Å². The molecule has 2 aliphatic rings. The van der Waals surface area contributed by atoms with Crippen LogP contribution in [-0.4, -0.2) is 87.7 Å². The van der Waals surface area contributed by atoms with Crippen molar-refractivity contribution in [3.05, 3.63) is 155 Å². The van der Waals surface area contributed by atoms with Crippen LogP contribution in [0.4, 0.5) is 11.6 Å². The topological polar surface area (TPSA) is 238 Å². The number of nitrogens with one attached hydrogen (secondary N) is 2. The van der Waals surface area contributed by atoms with E-state index in [-0.39, 0.29) is 46.7 Å². The lowest BCUT2D eigenvalue weighted by molar-refractivity contribution is -0.128. The molecule has 0 spiro atoms. The summed E-state index contributed by atoms with van der Waals surface area (Å²) in [6, 6.07) is 31.9. The third-order valence-corrected chi connectivity index (χ3v) is 12.6. The molecule has 2 saturated heterocycles. The van der Waals surface area contributed by atoms with Gasteiger partial charge in [-0.05, 0) is 123 Å². The zero-order valence-corrected chi connectivity index (χ0v) is 38.6. The number of hydrogen-bond donors (Lipinski definition) is 4. The van der Waals surface area contributed by atoms with Crippen LogP contribution in [0.25, 0.3) is 44.3 Å². The van der Waals surface area contributed by atoms with Crippen LogP contribution in [0.5, 0.6) is 23.0 Å². The summed E-state index contributed by atoms with van der Waals surface area (Å²) < 4.78 is 15.3. The smallest absolute Gasteiger partial charge is 0.290 e. The van der Waals surface area contributed by atoms with Crippen LogP contribution in [-0.2, 0) is 9.59 Å². The van der Waals surface area contributed by atoms with Gasteiger partial charge >= 0.3 is 0 Å². The van der Waals surface area contributed by atoms with E-state index >= 15 is 0 Å². The molecule has 18 nitrogen and oxygen atoms in total. The van der Waals surface area contributed by atoms with Crippen LogP contribution in [0.15, 0.2) is 138 Å². The Kier molecular flexibility index (Phi) is 13.4. The average Bonchev–Trinajstić information content (AvgIpc) is 3.91. The minimum atomic E-state index is -0.375. The molecular weight excluding hydrogens is 889 g/mol. The first kappa shape index (κ1) is 46.3. The van der Waals surface area contributed by atoms with E-state index in [2.05, 4.69) is 33.6 Å². The van der Waals surface area contributed by atoms with Crippen molar-refractivity contribution in [3.63, 3.8) is 0 Å². The van der Waals surface area contributed by atoms with Crippen molar-refractivity contribution in [1.82, 2.24) is 49.8 Å². The number of ether oxygens (including phenoxy) is 2. The highest BCUT2D eigenvalue weighted by Crippen LogP contribution is 2.36. The number of piperidine rings is 1. The van der Waals surface area contributed by atoms with Crippen LogP contribution in [0, 0.1) is 6.92 Å². The van der Waals surface area contributed by atoms with Gasteiger partial charge in [0.2, 0.25) is 11.8 Å². The highest BCUT2D eigenvalue weighted by atomic mass is 16.5. The van der Waals surface area contributed by atoms with Crippen molar-refractivity contribution >= 4 is 45.3 Å². The predicted molar refractivity (Wildman–Crippen MR) is 268 cm³/mol. The molecule has 70 heavy (non-hydrogen) atoms. The van der Waals surface area contributed by atoms with E-state index in [1.165, 1.54) is 12.2 Å². The summed E-state index contributed by atoms with van der Waals surface area (Å²) in [6.45, 7) is 11.4. The van der Waals surface area contributed by atoms with Gasteiger partial charge < -0.3 is 30.7 Å². The zero-order chi connectivity index (χ0) is 48.9. The van der Waals surface area contributed by atoms with Crippen LogP contribution in [0.3, 0.4) is 0 Å². The van der Waals surface area contributed by atoms with E-state index in [9.17, 15) is 19.2 Å². The molecule has 6 heterocycles. The summed E-state index contributed by atoms with van der Waals surface area (Å²) >= 11 is 0. The third-order valence-electron chi connectivity index (χ3n) is 12.6. The van der Waals surface area contributed by atoms with Gasteiger partial charge in [0.25, 0.3) is 11.1 Å². The first-order valence-corrected chi connectivity index (χ1v) is 23.0. The first-order valence-electron chi connectivity index (χ1n) is 23.0. The van der Waals surface area contributed by atoms with Gasteiger partial charge in [-0.1, -0.05) is 49.6 Å². The number of rotatable bonds is 10. The van der Waals surface area contributed by atoms with Crippen LogP contribution in [0.1, 0.15) is 49.8 Å².